The number of piperidine rings is 1. The van der Waals surface area contributed by atoms with E-state index in [4.69, 9.17) is 0 Å². The van der Waals surface area contributed by atoms with Crippen LogP contribution in [0.3, 0.4) is 0 Å². The number of halogens is 3. The van der Waals surface area contributed by atoms with E-state index in [1.165, 1.54) is 0 Å². The van der Waals surface area contributed by atoms with Crippen LogP contribution in [0.25, 0.3) is 10.9 Å². The molecular formula is C17H18F3N5. The topological polar surface area (TPSA) is 60.6 Å². The summed E-state index contributed by atoms with van der Waals surface area (Å²) in [6.45, 7) is 2.40. The highest BCUT2D eigenvalue weighted by Gasteiger charge is 2.34. The largest absolute Gasteiger partial charge is 0.432 e. The average molecular weight is 349 g/mol. The fourth-order valence-electron chi connectivity index (χ4n) is 3.45. The molecular weight excluding hydrogens is 331 g/mol. The van der Waals surface area contributed by atoms with Crippen molar-refractivity contribution in [2.75, 3.05) is 13.1 Å². The van der Waals surface area contributed by atoms with Crippen molar-refractivity contribution >= 4 is 10.9 Å². The maximum atomic E-state index is 12.7. The molecule has 1 aromatic carbocycles. The third-order valence-electron chi connectivity index (χ3n) is 4.71. The molecule has 1 saturated heterocycles. The number of fused-ring (bicyclic) bond motifs is 1. The van der Waals surface area contributed by atoms with Crippen molar-refractivity contribution in [1.29, 1.82) is 0 Å². The molecule has 1 aliphatic rings. The zero-order valence-electron chi connectivity index (χ0n) is 13.5. The Morgan fingerprint density at radius 3 is 2.92 bits per heavy atom. The minimum atomic E-state index is -4.38. The van der Waals surface area contributed by atoms with E-state index in [1.807, 2.05) is 6.07 Å². The lowest BCUT2D eigenvalue weighted by Gasteiger charge is -2.31. The quantitative estimate of drug-likeness (QED) is 0.758. The van der Waals surface area contributed by atoms with Crippen molar-refractivity contribution < 1.29 is 13.2 Å². The summed E-state index contributed by atoms with van der Waals surface area (Å²) in [5.74, 6) is 0.432. The van der Waals surface area contributed by atoms with E-state index < -0.39 is 11.9 Å². The molecule has 0 saturated carbocycles. The Morgan fingerprint density at radius 1 is 1.24 bits per heavy atom. The molecule has 4 rings (SSSR count). The van der Waals surface area contributed by atoms with Crippen LogP contribution in [0.1, 0.15) is 35.8 Å². The van der Waals surface area contributed by atoms with Gasteiger partial charge in [-0.15, -0.1) is 0 Å². The molecule has 8 heteroatoms. The summed E-state index contributed by atoms with van der Waals surface area (Å²) in [4.78, 5) is 8.68. The van der Waals surface area contributed by atoms with Crippen LogP contribution in [0.4, 0.5) is 13.2 Å². The first kappa shape index (κ1) is 16.1. The number of nitrogens with zero attached hydrogens (tertiary/aromatic N) is 3. The monoisotopic (exact) mass is 349 g/mol. The van der Waals surface area contributed by atoms with Gasteiger partial charge in [-0.1, -0.05) is 12.1 Å². The fraction of sp³-hybridized carbons (Fsp3) is 0.412. The molecule has 0 radical (unpaired) electrons. The number of alkyl halides is 3. The molecule has 0 aliphatic carbocycles. The summed E-state index contributed by atoms with van der Waals surface area (Å²) in [5, 5.41) is 8.04. The van der Waals surface area contributed by atoms with Crippen LogP contribution in [-0.2, 0) is 12.7 Å². The van der Waals surface area contributed by atoms with E-state index in [0.29, 0.717) is 12.4 Å². The molecule has 5 nitrogen and oxygen atoms in total. The molecule has 3 heterocycles. The van der Waals surface area contributed by atoms with Crippen molar-refractivity contribution in [3.63, 3.8) is 0 Å². The summed E-state index contributed by atoms with van der Waals surface area (Å²) in [5.41, 5.74) is 1.38. The van der Waals surface area contributed by atoms with Gasteiger partial charge in [0, 0.05) is 24.4 Å². The van der Waals surface area contributed by atoms with Gasteiger partial charge in [-0.05, 0) is 31.0 Å². The predicted molar refractivity (Wildman–Crippen MR) is 86.9 cm³/mol. The van der Waals surface area contributed by atoms with Crippen LogP contribution >= 0.6 is 0 Å². The summed E-state index contributed by atoms with van der Waals surface area (Å²) in [7, 11) is 0. The number of benzene rings is 1. The number of hydrogen-bond acceptors (Lipinski definition) is 3. The zero-order chi connectivity index (χ0) is 17.4. The maximum absolute atomic E-state index is 12.7. The normalized spacial score (nSPS) is 19.6. The number of nitrogens with one attached hydrogen (secondary N) is 2. The van der Waals surface area contributed by atoms with E-state index in [-0.39, 0.29) is 5.92 Å². The molecule has 132 valence electrons. The molecule has 25 heavy (non-hydrogen) atoms. The van der Waals surface area contributed by atoms with Gasteiger partial charge in [-0.3, -0.25) is 10.00 Å². The Labute approximate surface area is 142 Å². The predicted octanol–water partition coefficient (Wildman–Crippen LogP) is 3.68. The lowest BCUT2D eigenvalue weighted by molar-refractivity contribution is -0.141. The van der Waals surface area contributed by atoms with Crippen LogP contribution in [0, 0.1) is 0 Å². The summed E-state index contributed by atoms with van der Waals surface area (Å²) in [6.07, 6.45) is 0.0879. The van der Waals surface area contributed by atoms with Crippen molar-refractivity contribution in [3.05, 3.63) is 47.7 Å². The van der Waals surface area contributed by atoms with Crippen molar-refractivity contribution in [2.45, 2.75) is 31.5 Å². The minimum absolute atomic E-state index is 0.000681. The second kappa shape index (κ2) is 6.18. The van der Waals surface area contributed by atoms with Gasteiger partial charge in [0.15, 0.2) is 0 Å². The second-order valence-corrected chi connectivity index (χ2v) is 6.55. The van der Waals surface area contributed by atoms with Crippen molar-refractivity contribution in [1.82, 2.24) is 25.1 Å². The third-order valence-corrected chi connectivity index (χ3v) is 4.71. The third kappa shape index (κ3) is 3.39. The highest BCUT2D eigenvalue weighted by molar-refractivity contribution is 5.78. The maximum Gasteiger partial charge on any atom is 0.432 e. The molecule has 1 aliphatic heterocycles. The van der Waals surface area contributed by atoms with Gasteiger partial charge in [-0.2, -0.15) is 18.3 Å². The number of hydrogen-bond donors (Lipinski definition) is 2. The average Bonchev–Trinajstić information content (AvgIpc) is 3.24. The van der Waals surface area contributed by atoms with Gasteiger partial charge < -0.3 is 4.98 Å². The Bertz CT molecular complexity index is 866. The van der Waals surface area contributed by atoms with Crippen LogP contribution in [0.5, 0.6) is 0 Å². The van der Waals surface area contributed by atoms with E-state index in [9.17, 15) is 13.2 Å². The molecule has 2 aromatic heterocycles. The first-order valence-corrected chi connectivity index (χ1v) is 8.25. The zero-order valence-corrected chi connectivity index (χ0v) is 13.5. The van der Waals surface area contributed by atoms with Crippen molar-refractivity contribution in [3.8, 4) is 0 Å². The number of H-pyrrole nitrogens is 2. The summed E-state index contributed by atoms with van der Waals surface area (Å²) < 4.78 is 38.2. The standard InChI is InChI=1S/C17H18F3N5/c18-17(19,20)15-8-21-16(23-15)13-2-1-5-25(10-13)9-11-3-4-12-7-22-24-14(12)6-11/h3-4,6-8,13H,1-2,5,9-10H2,(H,21,23)(H,22,24)/t13-/m0/s1. The Morgan fingerprint density at radius 2 is 2.12 bits per heavy atom. The Kier molecular flexibility index (Phi) is 3.99. The number of rotatable bonds is 3. The van der Waals surface area contributed by atoms with Crippen LogP contribution < -0.4 is 0 Å². The van der Waals surface area contributed by atoms with E-state index in [1.54, 1.807) is 6.20 Å². The highest BCUT2D eigenvalue weighted by atomic mass is 19.4. The fourth-order valence-corrected chi connectivity index (χ4v) is 3.45. The molecule has 2 N–H and O–H groups in total. The van der Waals surface area contributed by atoms with Gasteiger partial charge in [-0.25, -0.2) is 4.98 Å². The first-order chi connectivity index (χ1) is 12.0. The van der Waals surface area contributed by atoms with E-state index in [0.717, 1.165) is 48.6 Å². The molecule has 3 aromatic rings. The Hall–Kier alpha value is -2.35. The van der Waals surface area contributed by atoms with Crippen LogP contribution in [0.15, 0.2) is 30.6 Å². The van der Waals surface area contributed by atoms with Gasteiger partial charge in [0.1, 0.15) is 11.5 Å². The first-order valence-electron chi connectivity index (χ1n) is 8.25. The van der Waals surface area contributed by atoms with Crippen molar-refractivity contribution in [2.24, 2.45) is 0 Å². The lowest BCUT2D eigenvalue weighted by Crippen LogP contribution is -2.34. The number of likely N-dealkylation sites (tertiary alicyclic amines) is 1. The number of aromatic nitrogens is 4. The SMILES string of the molecule is FC(F)(F)c1cnc([C@H]2CCCN(Cc3ccc4cn[nH]c4c3)C2)[nH]1. The van der Waals surface area contributed by atoms with Gasteiger partial charge in [0.05, 0.1) is 17.9 Å². The van der Waals surface area contributed by atoms with E-state index in [2.05, 4.69) is 37.2 Å². The molecule has 0 amide bonds. The lowest BCUT2D eigenvalue weighted by atomic mass is 9.97. The highest BCUT2D eigenvalue weighted by Crippen LogP contribution is 2.31. The van der Waals surface area contributed by atoms with E-state index >= 15 is 0 Å². The van der Waals surface area contributed by atoms with Crippen LogP contribution in [0.2, 0.25) is 0 Å². The molecule has 1 atom stereocenters. The smallest absolute Gasteiger partial charge is 0.338 e. The number of imidazole rings is 1. The molecule has 0 bridgehead atoms. The summed E-state index contributed by atoms with van der Waals surface area (Å²) >= 11 is 0. The molecule has 0 spiro atoms. The number of aromatic amines is 2. The minimum Gasteiger partial charge on any atom is -0.338 e. The Balaban J connectivity index is 1.46. The van der Waals surface area contributed by atoms with Gasteiger partial charge in [0.25, 0.3) is 0 Å². The van der Waals surface area contributed by atoms with Gasteiger partial charge in [0.2, 0.25) is 0 Å². The second-order valence-electron chi connectivity index (χ2n) is 6.55. The molecule has 0 unspecified atom stereocenters. The molecule has 1 fully saturated rings. The van der Waals surface area contributed by atoms with Crippen LogP contribution in [-0.4, -0.2) is 38.2 Å². The summed E-state index contributed by atoms with van der Waals surface area (Å²) in [6, 6.07) is 6.16. The van der Waals surface area contributed by atoms with Gasteiger partial charge >= 0.3 is 6.18 Å².